The number of likely N-dealkylation sites (tertiary alicyclic amines) is 2. The molecule has 0 bridgehead atoms. The molecule has 8 nitrogen and oxygen atoms in total. The van der Waals surface area contributed by atoms with Crippen molar-refractivity contribution in [3.05, 3.63) is 0 Å². The summed E-state index contributed by atoms with van der Waals surface area (Å²) in [7, 11) is 1.62. The molecule has 0 aromatic rings. The predicted octanol–water partition coefficient (Wildman–Crippen LogP) is 2.03. The fourth-order valence-electron chi connectivity index (χ4n) is 4.51. The largest absolute Gasteiger partial charge is 0.372 e. The van der Waals surface area contributed by atoms with E-state index in [2.05, 4.69) is 27.4 Å². The first kappa shape index (κ1) is 28.0. The third-order valence-electron chi connectivity index (χ3n) is 6.85. The average Bonchev–Trinajstić information content (AvgIpc) is 2.82. The minimum absolute atomic E-state index is 0.0234. The van der Waals surface area contributed by atoms with Crippen LogP contribution >= 0.6 is 0 Å². The number of carbonyl (C=O) groups is 2. The van der Waals surface area contributed by atoms with E-state index in [4.69, 9.17) is 9.47 Å². The third kappa shape index (κ3) is 13.3. The lowest BCUT2D eigenvalue weighted by Crippen LogP contribution is -2.45. The molecule has 2 aliphatic rings. The lowest BCUT2D eigenvalue weighted by atomic mass is 9.99. The molecule has 2 fully saturated rings. The van der Waals surface area contributed by atoms with Gasteiger partial charge in [-0.05, 0) is 89.9 Å². The smallest absolute Gasteiger partial charge is 0.246 e. The van der Waals surface area contributed by atoms with Gasteiger partial charge in [-0.2, -0.15) is 0 Å². The molecule has 0 atom stereocenters. The lowest BCUT2D eigenvalue weighted by molar-refractivity contribution is -0.127. The highest BCUT2D eigenvalue weighted by Gasteiger charge is 2.20. The van der Waals surface area contributed by atoms with Crippen molar-refractivity contribution in [3.63, 3.8) is 0 Å². The maximum Gasteiger partial charge on any atom is 0.246 e. The summed E-state index contributed by atoms with van der Waals surface area (Å²) in [6, 6.07) is 0.275. The zero-order valence-electron chi connectivity index (χ0n) is 21.1. The summed E-state index contributed by atoms with van der Waals surface area (Å²) >= 11 is 0. The van der Waals surface area contributed by atoms with Crippen LogP contribution in [0.1, 0.15) is 64.7 Å². The molecule has 0 aromatic heterocycles. The van der Waals surface area contributed by atoms with Crippen LogP contribution < -0.4 is 10.6 Å². The molecule has 2 heterocycles. The predicted molar refractivity (Wildman–Crippen MR) is 131 cm³/mol. The molecule has 0 aliphatic carbocycles. The fourth-order valence-corrected chi connectivity index (χ4v) is 4.51. The Balaban J connectivity index is 1.38. The Kier molecular flexibility index (Phi) is 14.6. The van der Waals surface area contributed by atoms with Gasteiger partial charge >= 0.3 is 0 Å². The van der Waals surface area contributed by atoms with E-state index in [0.29, 0.717) is 13.2 Å². The summed E-state index contributed by atoms with van der Waals surface area (Å²) in [4.78, 5) is 28.3. The van der Waals surface area contributed by atoms with Crippen molar-refractivity contribution in [1.82, 2.24) is 20.4 Å². The monoisotopic (exact) mass is 468 g/mol. The summed E-state index contributed by atoms with van der Waals surface area (Å²) in [5, 5.41) is 5.69. The standard InChI is InChI=1S/C25H48N4O4/c1-22-8-14-28(15-9-22)13-5-7-19-33-21-25(31)27-23-10-16-29(17-11-23)12-4-3-6-18-32-20-24(30)26-2/h22-23H,3-21H2,1-2H3,(H,26,30)(H,27,31). The van der Waals surface area contributed by atoms with Gasteiger partial charge in [-0.25, -0.2) is 0 Å². The average molecular weight is 469 g/mol. The highest BCUT2D eigenvalue weighted by molar-refractivity contribution is 5.77. The summed E-state index contributed by atoms with van der Waals surface area (Å²) in [5.74, 6) is 0.832. The van der Waals surface area contributed by atoms with E-state index >= 15 is 0 Å². The molecular weight excluding hydrogens is 420 g/mol. The Morgan fingerprint density at radius 3 is 1.88 bits per heavy atom. The molecule has 192 valence electrons. The molecule has 33 heavy (non-hydrogen) atoms. The molecule has 2 aliphatic heterocycles. The summed E-state index contributed by atoms with van der Waals surface area (Å²) in [5.41, 5.74) is 0. The number of nitrogens with one attached hydrogen (secondary N) is 2. The Labute approximate surface area is 201 Å². The van der Waals surface area contributed by atoms with Crippen molar-refractivity contribution in [2.75, 3.05) is 72.7 Å². The number of piperidine rings is 2. The zero-order chi connectivity index (χ0) is 23.7. The van der Waals surface area contributed by atoms with E-state index in [1.165, 1.54) is 25.9 Å². The second-order valence-corrected chi connectivity index (χ2v) is 9.75. The van der Waals surface area contributed by atoms with Gasteiger partial charge in [0.15, 0.2) is 0 Å². The first-order valence-corrected chi connectivity index (χ1v) is 13.2. The molecule has 8 heteroatoms. The van der Waals surface area contributed by atoms with Gasteiger partial charge in [-0.1, -0.05) is 6.92 Å². The number of hydrogen-bond acceptors (Lipinski definition) is 6. The second-order valence-electron chi connectivity index (χ2n) is 9.75. The Morgan fingerprint density at radius 2 is 1.27 bits per heavy atom. The summed E-state index contributed by atoms with van der Waals surface area (Å²) in [6.07, 6.45) is 10.1. The van der Waals surface area contributed by atoms with Crippen LogP contribution in [0.5, 0.6) is 0 Å². The summed E-state index contributed by atoms with van der Waals surface area (Å²) < 4.78 is 10.9. The maximum atomic E-state index is 12.2. The molecule has 2 amide bonds. The zero-order valence-corrected chi connectivity index (χ0v) is 21.1. The molecule has 2 saturated heterocycles. The number of likely N-dealkylation sites (N-methyl/N-ethyl adjacent to an activating group) is 1. The maximum absolute atomic E-state index is 12.2. The molecule has 0 aromatic carbocycles. The minimum atomic E-state index is -0.0745. The minimum Gasteiger partial charge on any atom is -0.372 e. The number of hydrogen-bond donors (Lipinski definition) is 2. The molecule has 0 radical (unpaired) electrons. The van der Waals surface area contributed by atoms with Crippen LogP contribution in [0.3, 0.4) is 0 Å². The van der Waals surface area contributed by atoms with Gasteiger partial charge in [0.25, 0.3) is 0 Å². The second kappa shape index (κ2) is 17.2. The van der Waals surface area contributed by atoms with Crippen molar-refractivity contribution in [1.29, 1.82) is 0 Å². The SMILES string of the molecule is CNC(=O)COCCCCCN1CCC(NC(=O)COCCCCN2CCC(C)CC2)CC1. The normalized spacial score (nSPS) is 19.0. The fraction of sp³-hybridized carbons (Fsp3) is 0.920. The first-order chi connectivity index (χ1) is 16.1. The van der Waals surface area contributed by atoms with E-state index < -0.39 is 0 Å². The number of unbranched alkanes of at least 4 members (excludes halogenated alkanes) is 3. The topological polar surface area (TPSA) is 83.1 Å². The van der Waals surface area contributed by atoms with Crippen molar-refractivity contribution in [3.8, 4) is 0 Å². The number of carbonyl (C=O) groups excluding carboxylic acids is 2. The molecule has 0 saturated carbocycles. The lowest BCUT2D eigenvalue weighted by Gasteiger charge is -2.32. The van der Waals surface area contributed by atoms with E-state index in [9.17, 15) is 9.59 Å². The van der Waals surface area contributed by atoms with E-state index in [0.717, 1.165) is 77.0 Å². The van der Waals surface area contributed by atoms with Gasteiger partial charge in [0.2, 0.25) is 11.8 Å². The molecule has 0 spiro atoms. The molecule has 2 N–H and O–H groups in total. The molecule has 2 rings (SSSR count). The highest BCUT2D eigenvalue weighted by atomic mass is 16.5. The van der Waals surface area contributed by atoms with Gasteiger partial charge in [0.05, 0.1) is 0 Å². The van der Waals surface area contributed by atoms with Gasteiger partial charge in [0, 0.05) is 39.4 Å². The number of ether oxygens (including phenoxy) is 2. The molecular formula is C25H48N4O4. The van der Waals surface area contributed by atoms with E-state index in [1.807, 2.05) is 0 Å². The van der Waals surface area contributed by atoms with Crippen molar-refractivity contribution >= 4 is 11.8 Å². The number of amides is 2. The number of nitrogens with zero attached hydrogens (tertiary/aromatic N) is 2. The van der Waals surface area contributed by atoms with Crippen LogP contribution in [0, 0.1) is 5.92 Å². The Bertz CT molecular complexity index is 532. The summed E-state index contributed by atoms with van der Waals surface area (Å²) in [6.45, 7) is 10.8. The Morgan fingerprint density at radius 1 is 0.758 bits per heavy atom. The number of rotatable bonds is 16. The van der Waals surface area contributed by atoms with Crippen molar-refractivity contribution in [2.24, 2.45) is 5.92 Å². The van der Waals surface area contributed by atoms with Gasteiger partial charge < -0.3 is 29.9 Å². The highest BCUT2D eigenvalue weighted by Crippen LogP contribution is 2.16. The Hall–Kier alpha value is -1.22. The van der Waals surface area contributed by atoms with Crippen LogP contribution in [-0.4, -0.2) is 100 Å². The quantitative estimate of drug-likeness (QED) is 0.337. The van der Waals surface area contributed by atoms with Crippen LogP contribution in [0.15, 0.2) is 0 Å². The van der Waals surface area contributed by atoms with Crippen molar-refractivity contribution in [2.45, 2.75) is 70.8 Å². The van der Waals surface area contributed by atoms with Crippen molar-refractivity contribution < 1.29 is 19.1 Å². The van der Waals surface area contributed by atoms with Gasteiger partial charge in [0.1, 0.15) is 13.2 Å². The first-order valence-electron chi connectivity index (χ1n) is 13.2. The van der Waals surface area contributed by atoms with Crippen LogP contribution in [-0.2, 0) is 19.1 Å². The third-order valence-corrected chi connectivity index (χ3v) is 6.85. The van der Waals surface area contributed by atoms with E-state index in [1.54, 1.807) is 7.05 Å². The van der Waals surface area contributed by atoms with Crippen LogP contribution in [0.4, 0.5) is 0 Å². The van der Waals surface area contributed by atoms with Gasteiger partial charge in [-0.3, -0.25) is 9.59 Å². The van der Waals surface area contributed by atoms with Crippen LogP contribution in [0.25, 0.3) is 0 Å². The van der Waals surface area contributed by atoms with Crippen LogP contribution in [0.2, 0.25) is 0 Å². The van der Waals surface area contributed by atoms with Gasteiger partial charge in [-0.15, -0.1) is 0 Å². The van der Waals surface area contributed by atoms with E-state index in [-0.39, 0.29) is 31.1 Å². The molecule has 0 unspecified atom stereocenters.